The number of ether oxygens (including phenoxy) is 6. The SMILES string of the molecule is C=CC(=O)OC(COC(=O)C1CSCS1)COc1ccc(C(C)(C)c2ccc(OCC(COC(=O)C3CSCS3)OC(=O)C=C)cc2)cc1. The molecule has 14 heteroatoms. The molecule has 2 aliphatic heterocycles. The largest absolute Gasteiger partial charge is 0.490 e. The number of hydrogen-bond donors (Lipinski definition) is 0. The van der Waals surface area contributed by atoms with Crippen molar-refractivity contribution in [2.24, 2.45) is 0 Å². The Hall–Kier alpha value is -3.20. The van der Waals surface area contributed by atoms with Crippen molar-refractivity contribution in [2.45, 2.75) is 42.0 Å². The fraction of sp³-hybridized carbons (Fsp3) is 0.429. The fourth-order valence-electron chi connectivity index (χ4n) is 4.61. The highest BCUT2D eigenvalue weighted by Gasteiger charge is 2.29. The van der Waals surface area contributed by atoms with Crippen molar-refractivity contribution in [2.75, 3.05) is 48.1 Å². The second kappa shape index (κ2) is 19.3. The fourth-order valence-corrected chi connectivity index (χ4v) is 9.92. The van der Waals surface area contributed by atoms with Crippen LogP contribution in [-0.2, 0) is 43.5 Å². The van der Waals surface area contributed by atoms with Crippen LogP contribution in [0.1, 0.15) is 25.0 Å². The maximum atomic E-state index is 12.3. The van der Waals surface area contributed by atoms with Gasteiger partial charge in [0.15, 0.2) is 12.2 Å². The zero-order chi connectivity index (χ0) is 35.2. The van der Waals surface area contributed by atoms with Crippen LogP contribution < -0.4 is 9.47 Å². The highest BCUT2D eigenvalue weighted by molar-refractivity contribution is 8.20. The summed E-state index contributed by atoms with van der Waals surface area (Å²) in [6.45, 7) is 10.8. The van der Waals surface area contributed by atoms with E-state index in [1.807, 2.05) is 48.5 Å². The topological polar surface area (TPSA) is 124 Å². The summed E-state index contributed by atoms with van der Waals surface area (Å²) < 4.78 is 33.3. The lowest BCUT2D eigenvalue weighted by atomic mass is 9.78. The summed E-state index contributed by atoms with van der Waals surface area (Å²) in [5.41, 5.74) is 1.68. The number of esters is 4. The first-order chi connectivity index (χ1) is 23.6. The maximum absolute atomic E-state index is 12.3. The van der Waals surface area contributed by atoms with Gasteiger partial charge in [0.1, 0.15) is 48.4 Å². The zero-order valence-electron chi connectivity index (χ0n) is 27.4. The number of carbonyl (C=O) groups excluding carboxylic acids is 4. The quantitative estimate of drug-likeness (QED) is 0.106. The Bertz CT molecular complexity index is 1330. The summed E-state index contributed by atoms with van der Waals surface area (Å²) in [6.07, 6.45) is 0.530. The van der Waals surface area contributed by atoms with Gasteiger partial charge in [-0.05, 0) is 35.4 Å². The minimum absolute atomic E-state index is 0.00154. The molecule has 264 valence electrons. The van der Waals surface area contributed by atoms with E-state index in [4.69, 9.17) is 28.4 Å². The summed E-state index contributed by atoms with van der Waals surface area (Å²) in [5.74, 6) is 0.630. The van der Waals surface area contributed by atoms with Gasteiger partial charge in [-0.25, -0.2) is 9.59 Å². The Morgan fingerprint density at radius 3 is 1.41 bits per heavy atom. The monoisotopic (exact) mass is 748 g/mol. The Balaban J connectivity index is 1.30. The van der Waals surface area contributed by atoms with Crippen LogP contribution in [0.2, 0.25) is 0 Å². The van der Waals surface area contributed by atoms with E-state index in [1.54, 1.807) is 23.5 Å². The molecule has 0 radical (unpaired) electrons. The van der Waals surface area contributed by atoms with Gasteiger partial charge < -0.3 is 28.4 Å². The molecule has 49 heavy (non-hydrogen) atoms. The lowest BCUT2D eigenvalue weighted by Gasteiger charge is -2.27. The number of benzene rings is 2. The maximum Gasteiger partial charge on any atom is 0.330 e. The standard InChI is InChI=1S/C35H40O10S4/c1-5-31(36)44-27(17-42-33(38)29-19-46-21-48-29)15-40-25-11-7-23(8-12-25)35(3,4)24-9-13-26(14-10-24)41-16-28(45-32(37)6-2)18-43-34(39)30-20-47-22-49-30/h5-14,27-30H,1-2,15-22H2,3-4H3. The average molecular weight is 749 g/mol. The van der Waals surface area contributed by atoms with Crippen LogP contribution in [-0.4, -0.2) is 94.7 Å². The van der Waals surface area contributed by atoms with Crippen LogP contribution in [0.3, 0.4) is 0 Å². The Kier molecular flexibility index (Phi) is 15.2. The van der Waals surface area contributed by atoms with E-state index in [9.17, 15) is 19.2 Å². The third kappa shape index (κ3) is 12.0. The summed E-state index contributed by atoms with van der Waals surface area (Å²) >= 11 is 6.44. The molecule has 0 spiro atoms. The molecule has 2 fully saturated rings. The van der Waals surface area contributed by atoms with Gasteiger partial charge in [-0.2, -0.15) is 0 Å². The van der Waals surface area contributed by atoms with E-state index < -0.39 is 24.1 Å². The van der Waals surface area contributed by atoms with Gasteiger partial charge >= 0.3 is 23.9 Å². The molecule has 2 heterocycles. The van der Waals surface area contributed by atoms with Gasteiger partial charge in [-0.1, -0.05) is 51.3 Å². The smallest absolute Gasteiger partial charge is 0.330 e. The van der Waals surface area contributed by atoms with E-state index in [-0.39, 0.29) is 54.3 Å². The van der Waals surface area contributed by atoms with Crippen LogP contribution in [0.25, 0.3) is 0 Å². The summed E-state index contributed by atoms with van der Waals surface area (Å²) in [4.78, 5) is 48.4. The zero-order valence-corrected chi connectivity index (χ0v) is 30.6. The van der Waals surface area contributed by atoms with Crippen molar-refractivity contribution in [3.8, 4) is 11.5 Å². The lowest BCUT2D eigenvalue weighted by Crippen LogP contribution is -2.32. The second-order valence-corrected chi connectivity index (χ2v) is 16.5. The van der Waals surface area contributed by atoms with Gasteiger partial charge in [-0.15, -0.1) is 47.0 Å². The Labute approximate surface area is 303 Å². The Morgan fingerprint density at radius 2 is 1.08 bits per heavy atom. The number of thioether (sulfide) groups is 4. The van der Waals surface area contributed by atoms with E-state index in [0.29, 0.717) is 23.0 Å². The molecule has 10 nitrogen and oxygen atoms in total. The molecule has 0 bridgehead atoms. The lowest BCUT2D eigenvalue weighted by molar-refractivity contribution is -0.156. The van der Waals surface area contributed by atoms with Gasteiger partial charge in [0.2, 0.25) is 0 Å². The third-order valence-corrected chi connectivity index (χ3v) is 13.0. The molecule has 2 aliphatic rings. The van der Waals surface area contributed by atoms with E-state index in [0.717, 1.165) is 33.4 Å². The molecular formula is C35H40O10S4. The predicted octanol–water partition coefficient (Wildman–Crippen LogP) is 5.66. The van der Waals surface area contributed by atoms with Crippen molar-refractivity contribution >= 4 is 70.9 Å². The van der Waals surface area contributed by atoms with Gasteiger partial charge in [0.25, 0.3) is 0 Å². The minimum Gasteiger partial charge on any atom is -0.490 e. The normalized spacial score (nSPS) is 18.4. The summed E-state index contributed by atoms with van der Waals surface area (Å²) in [6, 6.07) is 15.2. The molecule has 0 saturated carbocycles. The molecule has 4 rings (SSSR count). The number of hydrogen-bond acceptors (Lipinski definition) is 14. The molecule has 4 atom stereocenters. The van der Waals surface area contributed by atoms with Crippen LogP contribution in [0, 0.1) is 0 Å². The predicted molar refractivity (Wildman–Crippen MR) is 195 cm³/mol. The van der Waals surface area contributed by atoms with Gasteiger partial charge in [-0.3, -0.25) is 9.59 Å². The molecule has 0 aromatic heterocycles. The molecule has 2 aromatic rings. The van der Waals surface area contributed by atoms with Crippen LogP contribution in [0.5, 0.6) is 11.5 Å². The average Bonchev–Trinajstić information content (AvgIpc) is 3.86. The molecular weight excluding hydrogens is 709 g/mol. The highest BCUT2D eigenvalue weighted by Crippen LogP contribution is 2.34. The first-order valence-corrected chi connectivity index (χ1v) is 19.8. The Morgan fingerprint density at radius 1 is 0.694 bits per heavy atom. The summed E-state index contributed by atoms with van der Waals surface area (Å²) in [5, 5.41) is 1.26. The number of carbonyl (C=O) groups is 4. The van der Waals surface area contributed by atoms with Crippen molar-refractivity contribution in [3.63, 3.8) is 0 Å². The van der Waals surface area contributed by atoms with Gasteiger partial charge in [0.05, 0.1) is 0 Å². The third-order valence-electron chi connectivity index (χ3n) is 7.52. The number of rotatable bonds is 18. The highest BCUT2D eigenvalue weighted by atomic mass is 32.2. The van der Waals surface area contributed by atoms with Crippen LogP contribution in [0.15, 0.2) is 73.8 Å². The summed E-state index contributed by atoms with van der Waals surface area (Å²) in [7, 11) is 0. The molecule has 0 N–H and O–H groups in total. The van der Waals surface area contributed by atoms with Crippen molar-refractivity contribution in [1.29, 1.82) is 0 Å². The van der Waals surface area contributed by atoms with E-state index >= 15 is 0 Å². The molecule has 2 aromatic carbocycles. The first kappa shape index (κ1) is 38.6. The molecule has 0 amide bonds. The van der Waals surface area contributed by atoms with Gasteiger partial charge in [0, 0.05) is 39.2 Å². The van der Waals surface area contributed by atoms with E-state index in [2.05, 4.69) is 27.0 Å². The first-order valence-electron chi connectivity index (χ1n) is 15.4. The van der Waals surface area contributed by atoms with Crippen molar-refractivity contribution in [3.05, 3.63) is 85.0 Å². The van der Waals surface area contributed by atoms with Crippen LogP contribution >= 0.6 is 47.0 Å². The van der Waals surface area contributed by atoms with Crippen molar-refractivity contribution < 1.29 is 47.6 Å². The molecule has 0 aliphatic carbocycles. The van der Waals surface area contributed by atoms with E-state index in [1.165, 1.54) is 23.5 Å². The molecule has 2 saturated heterocycles. The second-order valence-electron chi connectivity index (χ2n) is 11.4. The van der Waals surface area contributed by atoms with Crippen molar-refractivity contribution in [1.82, 2.24) is 0 Å². The van der Waals surface area contributed by atoms with Crippen LogP contribution in [0.4, 0.5) is 0 Å². The minimum atomic E-state index is -0.792. The molecule has 4 unspecified atom stereocenters.